The van der Waals surface area contributed by atoms with Crippen LogP contribution in [-0.4, -0.2) is 25.1 Å². The Morgan fingerprint density at radius 2 is 2.05 bits per heavy atom. The largest absolute Gasteiger partial charge is 0.335 e. The average Bonchev–Trinajstić information content (AvgIpc) is 3.06. The van der Waals surface area contributed by atoms with Crippen molar-refractivity contribution in [2.75, 3.05) is 0 Å². The van der Waals surface area contributed by atoms with Crippen molar-refractivity contribution >= 4 is 32.6 Å². The number of hydrogen-bond donors (Lipinski definition) is 0. The van der Waals surface area contributed by atoms with Crippen molar-refractivity contribution in [3.63, 3.8) is 0 Å². The zero-order chi connectivity index (χ0) is 12.7. The molecule has 0 aliphatic heterocycles. The molecule has 3 heterocycles. The van der Waals surface area contributed by atoms with Crippen LogP contribution in [-0.2, 0) is 0 Å². The van der Waals surface area contributed by atoms with Gasteiger partial charge in [0.15, 0.2) is 0 Å². The van der Waals surface area contributed by atoms with Crippen molar-refractivity contribution < 1.29 is 4.84 Å². The highest BCUT2D eigenvalue weighted by Gasteiger charge is 2.10. The Morgan fingerprint density at radius 1 is 1.11 bits per heavy atom. The SMILES string of the molecule is c1ccc2c(c1)nnn2Oc1ncnc2sccc12. The molecular formula is C12H7N5OS. The van der Waals surface area contributed by atoms with E-state index >= 15 is 0 Å². The third-order valence-corrected chi connectivity index (χ3v) is 3.54. The highest BCUT2D eigenvalue weighted by atomic mass is 32.1. The zero-order valence-corrected chi connectivity index (χ0v) is 10.4. The van der Waals surface area contributed by atoms with Gasteiger partial charge >= 0.3 is 0 Å². The van der Waals surface area contributed by atoms with E-state index in [2.05, 4.69) is 20.3 Å². The first-order valence-electron chi connectivity index (χ1n) is 5.59. The molecule has 6 nitrogen and oxygen atoms in total. The first-order chi connectivity index (χ1) is 9.42. The second-order valence-electron chi connectivity index (χ2n) is 3.86. The Bertz CT molecular complexity index is 868. The van der Waals surface area contributed by atoms with Crippen LogP contribution in [0.1, 0.15) is 0 Å². The average molecular weight is 269 g/mol. The summed E-state index contributed by atoms with van der Waals surface area (Å²) in [6.45, 7) is 0. The fourth-order valence-corrected chi connectivity index (χ4v) is 2.56. The van der Waals surface area contributed by atoms with E-state index in [0.29, 0.717) is 5.88 Å². The predicted molar refractivity (Wildman–Crippen MR) is 71.0 cm³/mol. The van der Waals surface area contributed by atoms with Crippen molar-refractivity contribution in [2.24, 2.45) is 0 Å². The molecular weight excluding hydrogens is 262 g/mol. The molecule has 4 aromatic rings. The molecule has 0 fully saturated rings. The van der Waals surface area contributed by atoms with Gasteiger partial charge in [-0.25, -0.2) is 4.98 Å². The number of hydrogen-bond acceptors (Lipinski definition) is 6. The molecule has 3 aromatic heterocycles. The first-order valence-corrected chi connectivity index (χ1v) is 6.47. The van der Waals surface area contributed by atoms with Crippen LogP contribution in [0, 0.1) is 0 Å². The number of rotatable bonds is 2. The highest BCUT2D eigenvalue weighted by molar-refractivity contribution is 7.16. The molecule has 0 saturated heterocycles. The van der Waals surface area contributed by atoms with Crippen molar-refractivity contribution in [3.05, 3.63) is 42.0 Å². The lowest BCUT2D eigenvalue weighted by Crippen LogP contribution is -2.08. The summed E-state index contributed by atoms with van der Waals surface area (Å²) in [6.07, 6.45) is 1.48. The summed E-state index contributed by atoms with van der Waals surface area (Å²) < 4.78 is 0. The zero-order valence-electron chi connectivity index (χ0n) is 9.59. The topological polar surface area (TPSA) is 65.7 Å². The van der Waals surface area contributed by atoms with E-state index in [1.54, 1.807) is 11.3 Å². The van der Waals surface area contributed by atoms with Gasteiger partial charge in [0.25, 0.3) is 5.88 Å². The van der Waals surface area contributed by atoms with E-state index in [9.17, 15) is 0 Å². The van der Waals surface area contributed by atoms with Gasteiger partial charge in [0, 0.05) is 0 Å². The van der Waals surface area contributed by atoms with Gasteiger partial charge in [-0.1, -0.05) is 17.0 Å². The molecule has 4 rings (SSSR count). The summed E-state index contributed by atoms with van der Waals surface area (Å²) in [5, 5.41) is 10.8. The highest BCUT2D eigenvalue weighted by Crippen LogP contribution is 2.26. The smallest absolute Gasteiger partial charge is 0.260 e. The fraction of sp³-hybridized carbons (Fsp3) is 0. The maximum Gasteiger partial charge on any atom is 0.260 e. The van der Waals surface area contributed by atoms with Crippen LogP contribution < -0.4 is 4.84 Å². The van der Waals surface area contributed by atoms with E-state index in [4.69, 9.17) is 4.84 Å². The summed E-state index contributed by atoms with van der Waals surface area (Å²) in [7, 11) is 0. The van der Waals surface area contributed by atoms with Crippen LogP contribution in [0.25, 0.3) is 21.3 Å². The van der Waals surface area contributed by atoms with Crippen LogP contribution in [0.3, 0.4) is 0 Å². The molecule has 0 atom stereocenters. The minimum absolute atomic E-state index is 0.474. The molecule has 7 heteroatoms. The monoisotopic (exact) mass is 269 g/mol. The minimum Gasteiger partial charge on any atom is -0.335 e. The van der Waals surface area contributed by atoms with Gasteiger partial charge in [0.05, 0.1) is 5.39 Å². The Hall–Kier alpha value is -2.54. The lowest BCUT2D eigenvalue weighted by Gasteiger charge is -2.03. The van der Waals surface area contributed by atoms with Crippen molar-refractivity contribution in [1.29, 1.82) is 0 Å². The minimum atomic E-state index is 0.474. The number of nitrogens with zero attached hydrogens (tertiary/aromatic N) is 5. The van der Waals surface area contributed by atoms with Gasteiger partial charge < -0.3 is 4.84 Å². The van der Waals surface area contributed by atoms with Gasteiger partial charge in [-0.3, -0.25) is 0 Å². The number of benzene rings is 1. The molecule has 0 amide bonds. The molecule has 0 saturated carbocycles. The summed E-state index contributed by atoms with van der Waals surface area (Å²) >= 11 is 1.54. The van der Waals surface area contributed by atoms with Gasteiger partial charge in [-0.05, 0) is 28.8 Å². The third kappa shape index (κ3) is 1.63. The Morgan fingerprint density at radius 3 is 3.05 bits per heavy atom. The fourth-order valence-electron chi connectivity index (χ4n) is 1.84. The van der Waals surface area contributed by atoms with Crippen LogP contribution in [0.2, 0.25) is 0 Å². The molecule has 0 bridgehead atoms. The molecule has 0 unspecified atom stereocenters. The summed E-state index contributed by atoms with van der Waals surface area (Å²) in [4.78, 5) is 16.3. The molecule has 0 spiro atoms. The third-order valence-electron chi connectivity index (χ3n) is 2.72. The summed E-state index contributed by atoms with van der Waals surface area (Å²) in [5.41, 5.74) is 1.57. The lowest BCUT2D eigenvalue weighted by atomic mass is 10.3. The number of fused-ring (bicyclic) bond motifs is 2. The molecule has 1 aromatic carbocycles. The lowest BCUT2D eigenvalue weighted by molar-refractivity contribution is 0.178. The van der Waals surface area contributed by atoms with E-state index in [0.717, 1.165) is 21.3 Å². The van der Waals surface area contributed by atoms with E-state index < -0.39 is 0 Å². The van der Waals surface area contributed by atoms with Gasteiger partial charge in [0.2, 0.25) is 0 Å². The van der Waals surface area contributed by atoms with Crippen LogP contribution in [0.4, 0.5) is 0 Å². The second kappa shape index (κ2) is 3.99. The quantitative estimate of drug-likeness (QED) is 0.558. The van der Waals surface area contributed by atoms with E-state index in [1.165, 1.54) is 11.2 Å². The Labute approximate surface area is 111 Å². The Balaban J connectivity index is 1.84. The molecule has 0 aliphatic rings. The van der Waals surface area contributed by atoms with Crippen molar-refractivity contribution in [2.45, 2.75) is 0 Å². The van der Waals surface area contributed by atoms with Gasteiger partial charge in [-0.2, -0.15) is 4.98 Å². The van der Waals surface area contributed by atoms with Crippen LogP contribution in [0.15, 0.2) is 42.0 Å². The van der Waals surface area contributed by atoms with Crippen molar-refractivity contribution in [3.8, 4) is 5.88 Å². The number of aromatic nitrogens is 5. The number of thiophene rings is 1. The van der Waals surface area contributed by atoms with E-state index in [1.807, 2.05) is 35.7 Å². The van der Waals surface area contributed by atoms with Crippen molar-refractivity contribution in [1.82, 2.24) is 25.1 Å². The molecule has 92 valence electrons. The van der Waals surface area contributed by atoms with Crippen LogP contribution in [0.5, 0.6) is 5.88 Å². The molecule has 19 heavy (non-hydrogen) atoms. The molecule has 0 radical (unpaired) electrons. The maximum absolute atomic E-state index is 5.70. The van der Waals surface area contributed by atoms with E-state index in [-0.39, 0.29) is 0 Å². The van der Waals surface area contributed by atoms with Gasteiger partial charge in [-0.15, -0.1) is 16.4 Å². The summed E-state index contributed by atoms with van der Waals surface area (Å²) in [5.74, 6) is 0.474. The van der Waals surface area contributed by atoms with Crippen LogP contribution >= 0.6 is 11.3 Å². The molecule has 0 aliphatic carbocycles. The first kappa shape index (κ1) is 10.4. The molecule has 0 N–H and O–H groups in total. The Kier molecular flexibility index (Phi) is 2.18. The summed E-state index contributed by atoms with van der Waals surface area (Å²) in [6, 6.07) is 9.51. The number of para-hydroxylation sites is 1. The van der Waals surface area contributed by atoms with Gasteiger partial charge in [0.1, 0.15) is 22.2 Å². The second-order valence-corrected chi connectivity index (χ2v) is 4.76. The maximum atomic E-state index is 5.70. The normalized spacial score (nSPS) is 11.2. The standard InChI is InChI=1S/C12H7N5OS/c1-2-4-10-9(3-1)15-16-17(10)18-11-8-5-6-19-12(8)14-7-13-11/h1-7H. The predicted octanol–water partition coefficient (Wildman–Crippen LogP) is 2.28.